The van der Waals surface area contributed by atoms with Crippen LogP contribution in [0.2, 0.25) is 5.02 Å². The molecular formula is C18H25ClN2O3. The fraction of sp³-hybridized carbons (Fsp3) is 0.556. The molecule has 3 N–H and O–H groups in total. The van der Waals surface area contributed by atoms with E-state index >= 15 is 0 Å². The summed E-state index contributed by atoms with van der Waals surface area (Å²) in [7, 11) is 0. The number of benzene rings is 1. The van der Waals surface area contributed by atoms with Crippen molar-refractivity contribution in [3.63, 3.8) is 0 Å². The molecule has 1 fully saturated rings. The quantitative estimate of drug-likeness (QED) is 0.762. The standard InChI is InChI=1S/C18H25ClN2O3/c1-11(2)16(18(24)20-14-7-9-15(22)10-8-14)21-17(23)12-3-5-13(19)6-4-12/h3-6,11,14-16,22H,7-10H2,1-2H3,(H,20,24)(H,21,23)/t14?,15?,16-/m1/s1. The average molecular weight is 353 g/mol. The fourth-order valence-corrected chi connectivity index (χ4v) is 3.00. The Morgan fingerprint density at radius 2 is 1.71 bits per heavy atom. The maximum absolute atomic E-state index is 12.5. The Balaban J connectivity index is 1.96. The summed E-state index contributed by atoms with van der Waals surface area (Å²) in [5, 5.41) is 15.9. The van der Waals surface area contributed by atoms with Gasteiger partial charge in [0.15, 0.2) is 0 Å². The van der Waals surface area contributed by atoms with Crippen LogP contribution in [-0.2, 0) is 4.79 Å². The van der Waals surface area contributed by atoms with E-state index in [4.69, 9.17) is 11.6 Å². The summed E-state index contributed by atoms with van der Waals surface area (Å²) in [5.74, 6) is -0.497. The number of aliphatic hydroxyl groups is 1. The molecule has 2 amide bonds. The van der Waals surface area contributed by atoms with Gasteiger partial charge in [-0.25, -0.2) is 0 Å². The number of carbonyl (C=O) groups excluding carboxylic acids is 2. The molecular weight excluding hydrogens is 328 g/mol. The molecule has 1 aliphatic carbocycles. The van der Waals surface area contributed by atoms with Gasteiger partial charge in [-0.05, 0) is 55.9 Å². The van der Waals surface area contributed by atoms with E-state index in [1.807, 2.05) is 13.8 Å². The largest absolute Gasteiger partial charge is 0.393 e. The summed E-state index contributed by atoms with van der Waals surface area (Å²) < 4.78 is 0. The number of rotatable bonds is 5. The van der Waals surface area contributed by atoms with Crippen molar-refractivity contribution in [2.45, 2.75) is 57.7 Å². The Labute approximate surface area is 147 Å². The number of nitrogens with one attached hydrogen (secondary N) is 2. The SMILES string of the molecule is CC(C)[C@@H](NC(=O)c1ccc(Cl)cc1)C(=O)NC1CCC(O)CC1. The minimum atomic E-state index is -0.597. The third-order valence-electron chi connectivity index (χ3n) is 4.39. The minimum Gasteiger partial charge on any atom is -0.393 e. The topological polar surface area (TPSA) is 78.4 Å². The molecule has 6 heteroatoms. The van der Waals surface area contributed by atoms with Gasteiger partial charge in [-0.2, -0.15) is 0 Å². The minimum absolute atomic E-state index is 0.0320. The van der Waals surface area contributed by atoms with Crippen LogP contribution >= 0.6 is 11.6 Å². The summed E-state index contributed by atoms with van der Waals surface area (Å²) in [5.41, 5.74) is 0.471. The summed E-state index contributed by atoms with van der Waals surface area (Å²) >= 11 is 5.83. The highest BCUT2D eigenvalue weighted by Crippen LogP contribution is 2.19. The maximum Gasteiger partial charge on any atom is 0.251 e. The van der Waals surface area contributed by atoms with Crippen molar-refractivity contribution in [3.05, 3.63) is 34.9 Å². The van der Waals surface area contributed by atoms with Crippen molar-refractivity contribution in [2.75, 3.05) is 0 Å². The van der Waals surface area contributed by atoms with Gasteiger partial charge in [0.2, 0.25) is 5.91 Å². The van der Waals surface area contributed by atoms with Gasteiger partial charge < -0.3 is 15.7 Å². The number of hydrogen-bond acceptors (Lipinski definition) is 3. The summed E-state index contributed by atoms with van der Waals surface area (Å²) in [6.45, 7) is 3.80. The predicted molar refractivity (Wildman–Crippen MR) is 93.9 cm³/mol. The normalized spacial score (nSPS) is 22.0. The molecule has 0 radical (unpaired) electrons. The maximum atomic E-state index is 12.5. The van der Waals surface area contributed by atoms with E-state index in [2.05, 4.69) is 10.6 Å². The molecule has 24 heavy (non-hydrogen) atoms. The Morgan fingerprint density at radius 1 is 1.12 bits per heavy atom. The molecule has 5 nitrogen and oxygen atoms in total. The molecule has 1 atom stereocenters. The number of halogens is 1. The number of amides is 2. The Hall–Kier alpha value is -1.59. The van der Waals surface area contributed by atoms with Crippen LogP contribution in [0.1, 0.15) is 49.9 Å². The molecule has 0 bridgehead atoms. The number of hydrogen-bond donors (Lipinski definition) is 3. The van der Waals surface area contributed by atoms with E-state index < -0.39 is 6.04 Å². The Kier molecular flexibility index (Phi) is 6.63. The van der Waals surface area contributed by atoms with E-state index in [1.54, 1.807) is 24.3 Å². The first-order valence-electron chi connectivity index (χ1n) is 8.41. The molecule has 0 saturated heterocycles. The molecule has 2 rings (SSSR count). The lowest BCUT2D eigenvalue weighted by Crippen LogP contribution is -2.52. The van der Waals surface area contributed by atoms with E-state index in [9.17, 15) is 14.7 Å². The van der Waals surface area contributed by atoms with Gasteiger partial charge in [0, 0.05) is 16.6 Å². The van der Waals surface area contributed by atoms with Crippen LogP contribution in [0.4, 0.5) is 0 Å². The molecule has 1 aromatic carbocycles. The average Bonchev–Trinajstić information content (AvgIpc) is 2.54. The van der Waals surface area contributed by atoms with E-state index in [0.29, 0.717) is 23.4 Å². The summed E-state index contributed by atoms with van der Waals surface area (Å²) in [6, 6.07) is 6.03. The lowest BCUT2D eigenvalue weighted by Gasteiger charge is -2.29. The van der Waals surface area contributed by atoms with Crippen molar-refractivity contribution in [3.8, 4) is 0 Å². The number of aliphatic hydroxyl groups excluding tert-OH is 1. The van der Waals surface area contributed by atoms with Crippen LogP contribution in [0.3, 0.4) is 0 Å². The molecule has 1 aliphatic rings. The van der Waals surface area contributed by atoms with Crippen molar-refractivity contribution in [2.24, 2.45) is 5.92 Å². The van der Waals surface area contributed by atoms with E-state index in [1.165, 1.54) is 0 Å². The third-order valence-corrected chi connectivity index (χ3v) is 4.64. The first kappa shape index (κ1) is 18.7. The van der Waals surface area contributed by atoms with Crippen LogP contribution in [0.15, 0.2) is 24.3 Å². The first-order chi connectivity index (χ1) is 11.4. The molecule has 0 aromatic heterocycles. The lowest BCUT2D eigenvalue weighted by molar-refractivity contribution is -0.125. The van der Waals surface area contributed by atoms with Crippen LogP contribution in [0, 0.1) is 5.92 Å². The Bertz CT molecular complexity index is 566. The van der Waals surface area contributed by atoms with Crippen LogP contribution < -0.4 is 10.6 Å². The smallest absolute Gasteiger partial charge is 0.251 e. The fourth-order valence-electron chi connectivity index (χ4n) is 2.87. The van der Waals surface area contributed by atoms with Gasteiger partial charge in [-0.3, -0.25) is 9.59 Å². The van der Waals surface area contributed by atoms with Crippen LogP contribution in [0.25, 0.3) is 0 Å². The molecule has 0 aliphatic heterocycles. The zero-order valence-corrected chi connectivity index (χ0v) is 14.8. The second kappa shape index (κ2) is 8.49. The van der Waals surface area contributed by atoms with Gasteiger partial charge in [0.1, 0.15) is 6.04 Å². The highest BCUT2D eigenvalue weighted by Gasteiger charge is 2.28. The molecule has 1 aromatic rings. The van der Waals surface area contributed by atoms with Crippen LogP contribution in [-0.4, -0.2) is 35.1 Å². The van der Waals surface area contributed by atoms with Gasteiger partial charge >= 0.3 is 0 Å². The summed E-state index contributed by atoms with van der Waals surface area (Å²) in [4.78, 5) is 24.9. The Morgan fingerprint density at radius 3 is 2.25 bits per heavy atom. The second-order valence-corrected chi connectivity index (χ2v) is 7.15. The second-order valence-electron chi connectivity index (χ2n) is 6.72. The lowest BCUT2D eigenvalue weighted by atomic mass is 9.92. The van der Waals surface area contributed by atoms with E-state index in [-0.39, 0.29) is 29.9 Å². The number of carbonyl (C=O) groups is 2. The molecule has 1 saturated carbocycles. The van der Waals surface area contributed by atoms with Crippen molar-refractivity contribution < 1.29 is 14.7 Å². The van der Waals surface area contributed by atoms with Gasteiger partial charge in [0.05, 0.1) is 6.10 Å². The molecule has 0 unspecified atom stereocenters. The van der Waals surface area contributed by atoms with Crippen LogP contribution in [0.5, 0.6) is 0 Å². The first-order valence-corrected chi connectivity index (χ1v) is 8.79. The third kappa shape index (κ3) is 5.21. The van der Waals surface area contributed by atoms with Gasteiger partial charge in [-0.1, -0.05) is 25.4 Å². The zero-order valence-electron chi connectivity index (χ0n) is 14.1. The zero-order chi connectivity index (χ0) is 17.7. The van der Waals surface area contributed by atoms with Gasteiger partial charge in [-0.15, -0.1) is 0 Å². The van der Waals surface area contributed by atoms with Crippen molar-refractivity contribution >= 4 is 23.4 Å². The summed E-state index contributed by atoms with van der Waals surface area (Å²) in [6.07, 6.45) is 2.68. The highest BCUT2D eigenvalue weighted by atomic mass is 35.5. The van der Waals surface area contributed by atoms with Gasteiger partial charge in [0.25, 0.3) is 5.91 Å². The van der Waals surface area contributed by atoms with Crippen molar-refractivity contribution in [1.29, 1.82) is 0 Å². The highest BCUT2D eigenvalue weighted by molar-refractivity contribution is 6.30. The van der Waals surface area contributed by atoms with E-state index in [0.717, 1.165) is 12.8 Å². The predicted octanol–water partition coefficient (Wildman–Crippen LogP) is 2.51. The molecule has 0 spiro atoms. The molecule has 132 valence electrons. The molecule has 0 heterocycles. The van der Waals surface area contributed by atoms with Crippen molar-refractivity contribution in [1.82, 2.24) is 10.6 Å². The monoisotopic (exact) mass is 352 g/mol.